The minimum absolute atomic E-state index is 0.149. The molecular weight excluding hydrogens is 400 g/mol. The predicted octanol–water partition coefficient (Wildman–Crippen LogP) is 4.16. The number of rotatable bonds is 4. The summed E-state index contributed by atoms with van der Waals surface area (Å²) in [7, 11) is 0. The quantitative estimate of drug-likeness (QED) is 0.665. The summed E-state index contributed by atoms with van der Waals surface area (Å²) in [5.74, 6) is 0.669. The highest BCUT2D eigenvalue weighted by atomic mass is 79.9. The number of nitrogens with zero attached hydrogens (tertiary/aromatic N) is 3. The van der Waals surface area contributed by atoms with Crippen LogP contribution < -0.4 is 5.32 Å². The molecule has 7 heteroatoms. The molecule has 130 valence electrons. The summed E-state index contributed by atoms with van der Waals surface area (Å²) < 4.78 is 2.25. The molecule has 0 bridgehead atoms. The lowest BCUT2D eigenvalue weighted by Crippen LogP contribution is -2.29. The van der Waals surface area contributed by atoms with Gasteiger partial charge in [-0.05, 0) is 49.9 Å². The van der Waals surface area contributed by atoms with Gasteiger partial charge in [0.05, 0.1) is 27.0 Å². The fourth-order valence-corrected chi connectivity index (χ4v) is 4.68. The zero-order valence-corrected chi connectivity index (χ0v) is 16.1. The van der Waals surface area contributed by atoms with E-state index in [2.05, 4.69) is 37.3 Å². The van der Waals surface area contributed by atoms with Crippen molar-refractivity contribution in [3.63, 3.8) is 0 Å². The Morgan fingerprint density at radius 1 is 1.16 bits per heavy atom. The number of hydrogen-bond donors (Lipinski definition) is 2. The highest BCUT2D eigenvalue weighted by Crippen LogP contribution is 2.27. The van der Waals surface area contributed by atoms with Crippen molar-refractivity contribution in [2.45, 2.75) is 44.2 Å². The largest absolute Gasteiger partial charge is 0.393 e. The van der Waals surface area contributed by atoms with E-state index < -0.39 is 0 Å². The maximum Gasteiger partial charge on any atom is 0.223 e. The third kappa shape index (κ3) is 4.16. The number of halogens is 1. The lowest BCUT2D eigenvalue weighted by atomic mass is 9.93. The Morgan fingerprint density at radius 2 is 2.00 bits per heavy atom. The molecule has 0 radical (unpaired) electrons. The predicted molar refractivity (Wildman–Crippen MR) is 104 cm³/mol. The minimum atomic E-state index is -0.149. The summed E-state index contributed by atoms with van der Waals surface area (Å²) in [5.41, 5.74) is 1.99. The Labute approximate surface area is 158 Å². The normalized spacial score (nSPS) is 20.7. The van der Waals surface area contributed by atoms with Crippen molar-refractivity contribution in [3.05, 3.63) is 45.6 Å². The van der Waals surface area contributed by atoms with Crippen LogP contribution in [0.3, 0.4) is 0 Å². The lowest BCUT2D eigenvalue weighted by molar-refractivity contribution is 0.126. The van der Waals surface area contributed by atoms with Crippen LogP contribution in [0.4, 0.5) is 5.95 Å². The van der Waals surface area contributed by atoms with E-state index >= 15 is 0 Å². The molecule has 1 aliphatic carbocycles. The van der Waals surface area contributed by atoms with Gasteiger partial charge in [-0.15, -0.1) is 11.3 Å². The van der Waals surface area contributed by atoms with Gasteiger partial charge >= 0.3 is 0 Å². The third-order valence-corrected chi connectivity index (χ3v) is 5.98. The van der Waals surface area contributed by atoms with Crippen LogP contribution in [0.25, 0.3) is 10.2 Å². The molecule has 0 aliphatic heterocycles. The molecule has 2 heterocycles. The second kappa shape index (κ2) is 7.35. The summed E-state index contributed by atoms with van der Waals surface area (Å²) in [6.07, 6.45) is 5.97. The van der Waals surface area contributed by atoms with E-state index in [0.717, 1.165) is 46.4 Å². The second-order valence-electron chi connectivity index (χ2n) is 6.42. The average molecular weight is 419 g/mol. The van der Waals surface area contributed by atoms with Gasteiger partial charge in [-0.1, -0.05) is 15.9 Å². The van der Waals surface area contributed by atoms with Crippen LogP contribution in [0.15, 0.2) is 34.9 Å². The van der Waals surface area contributed by atoms with Gasteiger partial charge in [-0.3, -0.25) is 0 Å². The van der Waals surface area contributed by atoms with Gasteiger partial charge in [0.1, 0.15) is 0 Å². The highest BCUT2D eigenvalue weighted by Gasteiger charge is 2.19. The van der Waals surface area contributed by atoms with Gasteiger partial charge in [0.25, 0.3) is 0 Å². The monoisotopic (exact) mass is 418 g/mol. The number of hydrogen-bond acceptors (Lipinski definition) is 6. The number of aliphatic hydroxyl groups is 1. The highest BCUT2D eigenvalue weighted by molar-refractivity contribution is 9.10. The number of benzene rings is 1. The lowest BCUT2D eigenvalue weighted by Gasteiger charge is -2.26. The summed E-state index contributed by atoms with van der Waals surface area (Å²) in [6, 6.07) is 8.43. The van der Waals surface area contributed by atoms with E-state index in [1.807, 2.05) is 18.2 Å². The van der Waals surface area contributed by atoms with Crippen LogP contribution in [-0.4, -0.2) is 32.2 Å². The van der Waals surface area contributed by atoms with Crippen LogP contribution in [0.5, 0.6) is 0 Å². The first-order chi connectivity index (χ1) is 12.2. The van der Waals surface area contributed by atoms with Crippen molar-refractivity contribution in [2.24, 2.45) is 0 Å². The van der Waals surface area contributed by atoms with Gasteiger partial charge in [0.15, 0.2) is 0 Å². The Morgan fingerprint density at radius 3 is 2.84 bits per heavy atom. The molecule has 2 N–H and O–H groups in total. The van der Waals surface area contributed by atoms with Gasteiger partial charge in [-0.25, -0.2) is 15.0 Å². The Bertz CT molecular complexity index is 876. The van der Waals surface area contributed by atoms with Crippen LogP contribution in [-0.2, 0) is 6.42 Å². The van der Waals surface area contributed by atoms with Crippen LogP contribution >= 0.6 is 27.3 Å². The minimum Gasteiger partial charge on any atom is -0.393 e. The van der Waals surface area contributed by atoms with Crippen LogP contribution in [0, 0.1) is 0 Å². The summed E-state index contributed by atoms with van der Waals surface area (Å²) >= 11 is 5.20. The van der Waals surface area contributed by atoms with E-state index in [9.17, 15) is 5.11 Å². The molecule has 0 spiro atoms. The average Bonchev–Trinajstić information content (AvgIpc) is 2.98. The molecule has 5 nitrogen and oxygen atoms in total. The number of anilines is 1. The number of fused-ring (bicyclic) bond motifs is 1. The SMILES string of the molecule is OC1CCC(Nc2nccc(Cc3nc4ccc(Br)cc4s3)n2)CC1. The maximum atomic E-state index is 9.61. The molecule has 0 saturated heterocycles. The molecule has 0 amide bonds. The first-order valence-corrected chi connectivity index (χ1v) is 10.1. The van der Waals surface area contributed by atoms with E-state index in [0.29, 0.717) is 18.4 Å². The molecule has 2 aromatic heterocycles. The van der Waals surface area contributed by atoms with E-state index in [1.54, 1.807) is 17.5 Å². The van der Waals surface area contributed by atoms with Crippen molar-refractivity contribution in [1.29, 1.82) is 0 Å². The van der Waals surface area contributed by atoms with Crippen molar-refractivity contribution < 1.29 is 5.11 Å². The van der Waals surface area contributed by atoms with Crippen LogP contribution in [0.2, 0.25) is 0 Å². The Kier molecular flexibility index (Phi) is 4.96. The number of thiazole rings is 1. The third-order valence-electron chi connectivity index (χ3n) is 4.47. The zero-order valence-electron chi connectivity index (χ0n) is 13.7. The van der Waals surface area contributed by atoms with Crippen molar-refractivity contribution in [1.82, 2.24) is 15.0 Å². The first-order valence-electron chi connectivity index (χ1n) is 8.47. The molecule has 3 aromatic rings. The van der Waals surface area contributed by atoms with Crippen molar-refractivity contribution in [2.75, 3.05) is 5.32 Å². The molecule has 25 heavy (non-hydrogen) atoms. The fourth-order valence-electron chi connectivity index (χ4n) is 3.14. The van der Waals surface area contributed by atoms with Crippen molar-refractivity contribution in [3.8, 4) is 0 Å². The van der Waals surface area contributed by atoms with Gasteiger partial charge in [0.2, 0.25) is 5.95 Å². The smallest absolute Gasteiger partial charge is 0.223 e. The van der Waals surface area contributed by atoms with E-state index in [-0.39, 0.29) is 6.10 Å². The molecular formula is C18H19BrN4OS. The maximum absolute atomic E-state index is 9.61. The molecule has 0 unspecified atom stereocenters. The number of aromatic nitrogens is 3. The van der Waals surface area contributed by atoms with Crippen molar-refractivity contribution >= 4 is 43.4 Å². The second-order valence-corrected chi connectivity index (χ2v) is 8.45. The zero-order chi connectivity index (χ0) is 17.2. The molecule has 4 rings (SSSR count). The fraction of sp³-hybridized carbons (Fsp3) is 0.389. The standard InChI is InChI=1S/C18H19BrN4OS/c19-11-1-6-15-16(9-11)25-17(23-15)10-13-7-8-20-18(22-13)21-12-2-4-14(24)5-3-12/h1,6-9,12,14,24H,2-5,10H2,(H,20,21,22). The van der Waals surface area contributed by atoms with Gasteiger partial charge < -0.3 is 10.4 Å². The Hall–Kier alpha value is -1.57. The van der Waals surface area contributed by atoms with Crippen LogP contribution in [0.1, 0.15) is 36.4 Å². The van der Waals surface area contributed by atoms with Gasteiger partial charge in [0, 0.05) is 23.1 Å². The van der Waals surface area contributed by atoms with E-state index in [4.69, 9.17) is 4.98 Å². The summed E-state index contributed by atoms with van der Waals surface area (Å²) in [6.45, 7) is 0. The van der Waals surface area contributed by atoms with Gasteiger partial charge in [-0.2, -0.15) is 0 Å². The molecule has 1 saturated carbocycles. The first kappa shape index (κ1) is 16.9. The summed E-state index contributed by atoms with van der Waals surface area (Å²) in [4.78, 5) is 13.7. The molecule has 1 aliphatic rings. The Balaban J connectivity index is 1.47. The molecule has 1 aromatic carbocycles. The molecule has 0 atom stereocenters. The summed E-state index contributed by atoms with van der Waals surface area (Å²) in [5, 5.41) is 14.1. The number of aliphatic hydroxyl groups excluding tert-OH is 1. The number of nitrogens with one attached hydrogen (secondary N) is 1. The van der Waals surface area contributed by atoms with E-state index in [1.165, 1.54) is 4.70 Å². The topological polar surface area (TPSA) is 70.9 Å². The molecule has 1 fully saturated rings.